The molecule has 0 atom stereocenters. The number of hydrogen-bond acceptors (Lipinski definition) is 1. The van der Waals surface area contributed by atoms with Crippen molar-refractivity contribution in [2.75, 3.05) is 0 Å². The van der Waals surface area contributed by atoms with Gasteiger partial charge >= 0.3 is 0 Å². The average molecular weight is 202 g/mol. The second kappa shape index (κ2) is 7.57. The van der Waals surface area contributed by atoms with E-state index in [0.29, 0.717) is 0 Å². The monoisotopic (exact) mass is 202 g/mol. The van der Waals surface area contributed by atoms with Crippen molar-refractivity contribution in [2.45, 2.75) is 71.3 Å². The Morgan fingerprint density at radius 1 is 1.00 bits per heavy atom. The highest BCUT2D eigenvalue weighted by molar-refractivity contribution is 5.98. The van der Waals surface area contributed by atoms with Crippen LogP contribution in [0.4, 0.5) is 0 Å². The Hall–Kier alpha value is 0.177. The molecule has 0 saturated heterocycles. The molecule has 0 fully saturated rings. The predicted molar refractivity (Wildman–Crippen MR) is 63.1 cm³/mol. The van der Waals surface area contributed by atoms with Crippen LogP contribution in [0.25, 0.3) is 0 Å². The maximum atomic E-state index is 5.76. The Balaban J connectivity index is 3.68. The van der Waals surface area contributed by atoms with Gasteiger partial charge in [-0.2, -0.15) is 0 Å². The van der Waals surface area contributed by atoms with Crippen LogP contribution in [0.5, 0.6) is 0 Å². The molecule has 0 aliphatic heterocycles. The van der Waals surface area contributed by atoms with Gasteiger partial charge in [0.25, 0.3) is 0 Å². The topological polar surface area (TPSA) is 9.23 Å². The fourth-order valence-corrected chi connectivity index (χ4v) is 2.65. The van der Waals surface area contributed by atoms with E-state index in [9.17, 15) is 0 Å². The molecule has 0 aromatic heterocycles. The molecular formula is C11H26OSi. The Morgan fingerprint density at radius 2 is 1.62 bits per heavy atom. The van der Waals surface area contributed by atoms with Gasteiger partial charge in [-0.25, -0.2) is 0 Å². The molecule has 0 N–H and O–H groups in total. The molecular weight excluding hydrogens is 176 g/mol. The second-order valence-corrected chi connectivity index (χ2v) is 4.31. The van der Waals surface area contributed by atoms with E-state index in [4.69, 9.17) is 4.43 Å². The molecule has 0 rings (SSSR count). The number of unbranched alkanes of at least 4 members (excludes halogenated alkanes) is 3. The van der Waals surface area contributed by atoms with E-state index in [-0.39, 0.29) is 5.60 Å². The zero-order valence-corrected chi connectivity index (χ0v) is 11.9. The van der Waals surface area contributed by atoms with Gasteiger partial charge in [0.15, 0.2) is 0 Å². The zero-order valence-electron chi connectivity index (χ0n) is 9.86. The van der Waals surface area contributed by atoms with Crippen molar-refractivity contribution in [1.29, 1.82) is 0 Å². The molecule has 2 heteroatoms. The summed E-state index contributed by atoms with van der Waals surface area (Å²) in [4.78, 5) is 0. The van der Waals surface area contributed by atoms with Crippen LogP contribution in [0.2, 0.25) is 0 Å². The fourth-order valence-electron chi connectivity index (χ4n) is 1.87. The van der Waals surface area contributed by atoms with Gasteiger partial charge in [-0.1, -0.05) is 46.5 Å². The standard InChI is InChI=1S/C11H26OSi/c1-4-7-8-9-10-11(5-2,6-3)12-13/h4-10H2,1-3,13H3. The lowest BCUT2D eigenvalue weighted by Gasteiger charge is -2.31. The van der Waals surface area contributed by atoms with Gasteiger partial charge in [-0.15, -0.1) is 0 Å². The molecule has 0 unspecified atom stereocenters. The Morgan fingerprint density at radius 3 is 2.00 bits per heavy atom. The Bertz CT molecular complexity index is 102. The summed E-state index contributed by atoms with van der Waals surface area (Å²) in [5.74, 6) is 0. The molecule has 0 radical (unpaired) electrons. The summed E-state index contributed by atoms with van der Waals surface area (Å²) in [5.41, 5.74) is 0.236. The van der Waals surface area contributed by atoms with Gasteiger partial charge in [-0.05, 0) is 19.3 Å². The van der Waals surface area contributed by atoms with Crippen LogP contribution < -0.4 is 0 Å². The molecule has 0 aromatic carbocycles. The van der Waals surface area contributed by atoms with Gasteiger partial charge in [0.05, 0.1) is 5.60 Å². The number of rotatable bonds is 8. The van der Waals surface area contributed by atoms with Gasteiger partial charge in [0.1, 0.15) is 10.5 Å². The Labute approximate surface area is 86.8 Å². The number of hydrogen-bond donors (Lipinski definition) is 0. The summed E-state index contributed by atoms with van der Waals surface area (Å²) in [6.45, 7) is 6.76. The summed E-state index contributed by atoms with van der Waals surface area (Å²) < 4.78 is 5.76. The van der Waals surface area contributed by atoms with Crippen LogP contribution in [-0.2, 0) is 4.43 Å². The van der Waals surface area contributed by atoms with E-state index in [1.54, 1.807) is 0 Å². The summed E-state index contributed by atoms with van der Waals surface area (Å²) in [7, 11) is 0.885. The van der Waals surface area contributed by atoms with E-state index in [1.165, 1.54) is 44.9 Å². The van der Waals surface area contributed by atoms with E-state index < -0.39 is 0 Å². The third-order valence-corrected chi connectivity index (χ3v) is 4.07. The van der Waals surface area contributed by atoms with Crippen molar-refractivity contribution in [2.24, 2.45) is 0 Å². The lowest BCUT2D eigenvalue weighted by Crippen LogP contribution is -2.30. The molecule has 0 heterocycles. The maximum absolute atomic E-state index is 5.76. The highest BCUT2D eigenvalue weighted by Crippen LogP contribution is 2.26. The lowest BCUT2D eigenvalue weighted by molar-refractivity contribution is 0.0583. The average Bonchev–Trinajstić information content (AvgIpc) is 2.20. The molecule has 0 aromatic rings. The largest absolute Gasteiger partial charge is 0.422 e. The highest BCUT2D eigenvalue weighted by Gasteiger charge is 2.23. The quantitative estimate of drug-likeness (QED) is 0.434. The molecule has 80 valence electrons. The molecule has 0 aliphatic rings. The van der Waals surface area contributed by atoms with Crippen molar-refractivity contribution in [3.63, 3.8) is 0 Å². The fraction of sp³-hybridized carbons (Fsp3) is 1.00. The third-order valence-electron chi connectivity index (χ3n) is 3.21. The minimum absolute atomic E-state index is 0.236. The van der Waals surface area contributed by atoms with E-state index in [2.05, 4.69) is 20.8 Å². The SMILES string of the molecule is CCCCCCC(CC)(CC)O[SiH3]. The van der Waals surface area contributed by atoms with Crippen LogP contribution in [0.1, 0.15) is 65.7 Å². The van der Waals surface area contributed by atoms with E-state index in [1.807, 2.05) is 0 Å². The molecule has 0 aliphatic carbocycles. The van der Waals surface area contributed by atoms with Crippen LogP contribution in [0, 0.1) is 0 Å². The maximum Gasteiger partial charge on any atom is 0.146 e. The predicted octanol–water partition coefficient (Wildman–Crippen LogP) is 2.81. The van der Waals surface area contributed by atoms with E-state index in [0.717, 1.165) is 10.5 Å². The molecule has 0 bridgehead atoms. The summed E-state index contributed by atoms with van der Waals surface area (Å²) >= 11 is 0. The van der Waals surface area contributed by atoms with E-state index >= 15 is 0 Å². The van der Waals surface area contributed by atoms with Crippen LogP contribution in [0.3, 0.4) is 0 Å². The van der Waals surface area contributed by atoms with Gasteiger partial charge in [0.2, 0.25) is 0 Å². The molecule has 0 saturated carbocycles. The second-order valence-electron chi connectivity index (χ2n) is 3.90. The van der Waals surface area contributed by atoms with Crippen molar-refractivity contribution in [1.82, 2.24) is 0 Å². The van der Waals surface area contributed by atoms with Crippen molar-refractivity contribution < 1.29 is 4.43 Å². The van der Waals surface area contributed by atoms with Gasteiger partial charge in [0, 0.05) is 0 Å². The summed E-state index contributed by atoms with van der Waals surface area (Å²) in [6.07, 6.45) is 9.06. The lowest BCUT2D eigenvalue weighted by atomic mass is 9.91. The first-order valence-corrected chi connectivity index (χ1v) is 6.61. The van der Waals surface area contributed by atoms with Crippen molar-refractivity contribution in [3.05, 3.63) is 0 Å². The van der Waals surface area contributed by atoms with Crippen LogP contribution >= 0.6 is 0 Å². The van der Waals surface area contributed by atoms with Crippen LogP contribution in [-0.4, -0.2) is 16.1 Å². The van der Waals surface area contributed by atoms with Crippen molar-refractivity contribution >= 4 is 10.5 Å². The summed E-state index contributed by atoms with van der Waals surface area (Å²) in [5, 5.41) is 0. The first kappa shape index (κ1) is 13.2. The normalized spacial score (nSPS) is 12.2. The van der Waals surface area contributed by atoms with Gasteiger partial charge in [-0.3, -0.25) is 0 Å². The third kappa shape index (κ3) is 4.82. The van der Waals surface area contributed by atoms with Crippen molar-refractivity contribution in [3.8, 4) is 0 Å². The first-order chi connectivity index (χ1) is 6.24. The smallest absolute Gasteiger partial charge is 0.146 e. The molecule has 0 amide bonds. The molecule has 0 spiro atoms. The molecule has 1 nitrogen and oxygen atoms in total. The van der Waals surface area contributed by atoms with Crippen LogP contribution in [0.15, 0.2) is 0 Å². The molecule has 13 heavy (non-hydrogen) atoms. The first-order valence-electron chi connectivity index (χ1n) is 5.79. The Kier molecular flexibility index (Phi) is 7.67. The summed E-state index contributed by atoms with van der Waals surface area (Å²) in [6, 6.07) is 0. The van der Waals surface area contributed by atoms with Gasteiger partial charge < -0.3 is 4.43 Å². The highest BCUT2D eigenvalue weighted by atomic mass is 28.2. The minimum atomic E-state index is 0.236. The minimum Gasteiger partial charge on any atom is -0.422 e. The zero-order chi connectivity index (χ0) is 10.2.